The first kappa shape index (κ1) is 16.2. The molecular weight excluding hydrogens is 260 g/mol. The first-order chi connectivity index (χ1) is 10.2. The van der Waals surface area contributed by atoms with Crippen molar-refractivity contribution in [3.8, 4) is 5.75 Å². The summed E-state index contributed by atoms with van der Waals surface area (Å²) in [6.45, 7) is 11.9. The van der Waals surface area contributed by atoms with Crippen molar-refractivity contribution in [1.29, 1.82) is 0 Å². The van der Waals surface area contributed by atoms with Gasteiger partial charge in [-0.15, -0.1) is 0 Å². The minimum absolute atomic E-state index is 0.667. The van der Waals surface area contributed by atoms with Crippen molar-refractivity contribution in [3.63, 3.8) is 0 Å². The lowest BCUT2D eigenvalue weighted by atomic mass is 10.1. The van der Waals surface area contributed by atoms with Crippen molar-refractivity contribution in [2.45, 2.75) is 40.0 Å². The van der Waals surface area contributed by atoms with Gasteiger partial charge in [0.2, 0.25) is 0 Å². The Kier molecular flexibility index (Phi) is 6.37. The molecule has 1 aliphatic heterocycles. The Labute approximate surface area is 129 Å². The monoisotopic (exact) mass is 290 g/mol. The van der Waals surface area contributed by atoms with Gasteiger partial charge in [0, 0.05) is 25.3 Å². The molecule has 0 unspecified atom stereocenters. The second kappa shape index (κ2) is 8.28. The zero-order valence-electron chi connectivity index (χ0n) is 13.8. The van der Waals surface area contributed by atoms with Crippen LogP contribution in [0.3, 0.4) is 0 Å². The van der Waals surface area contributed by atoms with Crippen molar-refractivity contribution >= 4 is 5.69 Å². The molecular formula is C18H30N2O. The average Bonchev–Trinajstić information content (AvgIpc) is 2.78. The van der Waals surface area contributed by atoms with E-state index in [9.17, 15) is 0 Å². The van der Waals surface area contributed by atoms with E-state index < -0.39 is 0 Å². The molecule has 0 atom stereocenters. The van der Waals surface area contributed by atoms with Gasteiger partial charge in [-0.05, 0) is 49.6 Å². The summed E-state index contributed by atoms with van der Waals surface area (Å²) in [7, 11) is 0. The highest BCUT2D eigenvalue weighted by Gasteiger charge is 2.12. The normalized spacial score (nSPS) is 16.1. The van der Waals surface area contributed by atoms with Crippen LogP contribution in [0.4, 0.5) is 5.69 Å². The third-order valence-electron chi connectivity index (χ3n) is 4.49. The van der Waals surface area contributed by atoms with Crippen LogP contribution in [0.15, 0.2) is 18.2 Å². The molecule has 21 heavy (non-hydrogen) atoms. The fourth-order valence-electron chi connectivity index (χ4n) is 2.83. The van der Waals surface area contributed by atoms with E-state index in [-0.39, 0.29) is 0 Å². The maximum atomic E-state index is 6.02. The van der Waals surface area contributed by atoms with Crippen LogP contribution in [0, 0.1) is 12.8 Å². The molecule has 118 valence electrons. The van der Waals surface area contributed by atoms with Crippen molar-refractivity contribution in [2.75, 3.05) is 37.7 Å². The van der Waals surface area contributed by atoms with Crippen molar-refractivity contribution < 1.29 is 4.74 Å². The summed E-state index contributed by atoms with van der Waals surface area (Å²) in [5.74, 6) is 1.71. The quantitative estimate of drug-likeness (QED) is 0.866. The minimum atomic E-state index is 0.667. The molecule has 0 radical (unpaired) electrons. The fraction of sp³-hybridized carbons (Fsp3) is 0.667. The SMILES string of the molecule is CCC(CC)COc1ccc(N2CCCNCC2)cc1C. The lowest BCUT2D eigenvalue weighted by Gasteiger charge is -2.23. The predicted molar refractivity (Wildman–Crippen MR) is 90.4 cm³/mol. The zero-order valence-corrected chi connectivity index (χ0v) is 13.8. The first-order valence-corrected chi connectivity index (χ1v) is 8.43. The number of aryl methyl sites for hydroxylation is 1. The smallest absolute Gasteiger partial charge is 0.122 e. The molecule has 1 aliphatic rings. The topological polar surface area (TPSA) is 24.5 Å². The summed E-state index contributed by atoms with van der Waals surface area (Å²) in [5.41, 5.74) is 2.57. The van der Waals surface area contributed by atoms with E-state index in [1.54, 1.807) is 0 Å². The van der Waals surface area contributed by atoms with Gasteiger partial charge in [-0.1, -0.05) is 26.7 Å². The molecule has 0 spiro atoms. The standard InChI is InChI=1S/C18H30N2O/c1-4-16(5-2)14-21-18-8-7-17(13-15(18)3)20-11-6-9-19-10-12-20/h7-8,13,16,19H,4-6,9-12,14H2,1-3H3. The number of hydrogen-bond acceptors (Lipinski definition) is 3. The Morgan fingerprint density at radius 3 is 2.71 bits per heavy atom. The molecule has 3 heteroatoms. The molecule has 1 aromatic rings. The van der Waals surface area contributed by atoms with Crippen LogP contribution in [0.1, 0.15) is 38.7 Å². The molecule has 3 nitrogen and oxygen atoms in total. The summed E-state index contributed by atoms with van der Waals surface area (Å²) >= 11 is 0. The van der Waals surface area contributed by atoms with Gasteiger partial charge < -0.3 is 15.0 Å². The molecule has 0 aliphatic carbocycles. The summed E-state index contributed by atoms with van der Waals surface area (Å²) in [4.78, 5) is 2.47. The summed E-state index contributed by atoms with van der Waals surface area (Å²) in [6.07, 6.45) is 3.59. The highest BCUT2D eigenvalue weighted by molar-refractivity contribution is 5.53. The largest absolute Gasteiger partial charge is 0.493 e. The minimum Gasteiger partial charge on any atom is -0.493 e. The van der Waals surface area contributed by atoms with E-state index in [0.29, 0.717) is 5.92 Å². The highest BCUT2D eigenvalue weighted by atomic mass is 16.5. The zero-order chi connectivity index (χ0) is 15.1. The van der Waals surface area contributed by atoms with Crippen LogP contribution < -0.4 is 15.0 Å². The maximum absolute atomic E-state index is 6.02. The van der Waals surface area contributed by atoms with E-state index >= 15 is 0 Å². The Morgan fingerprint density at radius 2 is 2.00 bits per heavy atom. The lowest BCUT2D eigenvalue weighted by Crippen LogP contribution is -2.27. The van der Waals surface area contributed by atoms with Gasteiger partial charge in [-0.3, -0.25) is 0 Å². The maximum Gasteiger partial charge on any atom is 0.122 e. The summed E-state index contributed by atoms with van der Waals surface area (Å²) < 4.78 is 6.02. The lowest BCUT2D eigenvalue weighted by molar-refractivity contribution is 0.239. The second-order valence-electron chi connectivity index (χ2n) is 6.03. The van der Waals surface area contributed by atoms with Crippen LogP contribution in [0.25, 0.3) is 0 Å². The molecule has 1 aromatic carbocycles. The van der Waals surface area contributed by atoms with E-state index in [0.717, 1.165) is 38.5 Å². The molecule has 1 fully saturated rings. The van der Waals surface area contributed by atoms with Gasteiger partial charge in [-0.2, -0.15) is 0 Å². The number of nitrogens with one attached hydrogen (secondary N) is 1. The molecule has 0 saturated carbocycles. The van der Waals surface area contributed by atoms with Crippen molar-refractivity contribution in [1.82, 2.24) is 5.32 Å². The van der Waals surface area contributed by atoms with Crippen LogP contribution in [0.2, 0.25) is 0 Å². The van der Waals surface area contributed by atoms with E-state index in [2.05, 4.69) is 49.2 Å². The number of benzene rings is 1. The van der Waals surface area contributed by atoms with E-state index in [1.807, 2.05) is 0 Å². The van der Waals surface area contributed by atoms with Gasteiger partial charge in [0.25, 0.3) is 0 Å². The van der Waals surface area contributed by atoms with E-state index in [1.165, 1.54) is 30.5 Å². The molecule has 1 saturated heterocycles. The van der Waals surface area contributed by atoms with Gasteiger partial charge in [-0.25, -0.2) is 0 Å². The van der Waals surface area contributed by atoms with Crippen LogP contribution in [0.5, 0.6) is 5.75 Å². The Bertz CT molecular complexity index is 421. The van der Waals surface area contributed by atoms with E-state index in [4.69, 9.17) is 4.74 Å². The van der Waals surface area contributed by atoms with Gasteiger partial charge in [0.15, 0.2) is 0 Å². The third-order valence-corrected chi connectivity index (χ3v) is 4.49. The number of anilines is 1. The fourth-order valence-corrected chi connectivity index (χ4v) is 2.83. The summed E-state index contributed by atoms with van der Waals surface area (Å²) in [5, 5.41) is 3.45. The Hall–Kier alpha value is -1.22. The average molecular weight is 290 g/mol. The van der Waals surface area contributed by atoms with Crippen LogP contribution >= 0.6 is 0 Å². The second-order valence-corrected chi connectivity index (χ2v) is 6.03. The first-order valence-electron chi connectivity index (χ1n) is 8.43. The summed E-state index contributed by atoms with van der Waals surface area (Å²) in [6, 6.07) is 6.62. The number of ether oxygens (including phenoxy) is 1. The highest BCUT2D eigenvalue weighted by Crippen LogP contribution is 2.25. The van der Waals surface area contributed by atoms with Gasteiger partial charge >= 0.3 is 0 Å². The number of rotatable bonds is 6. The Balaban J connectivity index is 1.99. The van der Waals surface area contributed by atoms with Crippen LogP contribution in [-0.4, -0.2) is 32.8 Å². The molecule has 1 N–H and O–H groups in total. The van der Waals surface area contributed by atoms with Crippen molar-refractivity contribution in [2.24, 2.45) is 5.92 Å². The van der Waals surface area contributed by atoms with Gasteiger partial charge in [0.05, 0.1) is 6.61 Å². The molecule has 1 heterocycles. The van der Waals surface area contributed by atoms with Crippen LogP contribution in [-0.2, 0) is 0 Å². The molecule has 0 amide bonds. The number of hydrogen-bond donors (Lipinski definition) is 1. The third kappa shape index (κ3) is 4.63. The number of nitrogens with zero attached hydrogens (tertiary/aromatic N) is 1. The predicted octanol–water partition coefficient (Wildman–Crippen LogP) is 3.61. The molecule has 0 bridgehead atoms. The Morgan fingerprint density at radius 1 is 1.19 bits per heavy atom. The van der Waals surface area contributed by atoms with Gasteiger partial charge in [0.1, 0.15) is 5.75 Å². The molecule has 2 rings (SSSR count). The molecule has 0 aromatic heterocycles. The van der Waals surface area contributed by atoms with Crippen molar-refractivity contribution in [3.05, 3.63) is 23.8 Å².